The lowest BCUT2D eigenvalue weighted by atomic mass is 10.1. The molecule has 0 aromatic heterocycles. The molecular formula is C22H28N2O2S. The molecule has 5 heteroatoms. The summed E-state index contributed by atoms with van der Waals surface area (Å²) in [6.45, 7) is 2.49. The van der Waals surface area contributed by atoms with Gasteiger partial charge in [-0.25, -0.2) is 0 Å². The fraction of sp³-hybridized carbons (Fsp3) is 0.364. The van der Waals surface area contributed by atoms with Crippen LogP contribution in [0.1, 0.15) is 25.3 Å². The third-order valence-corrected chi connectivity index (χ3v) is 5.46. The summed E-state index contributed by atoms with van der Waals surface area (Å²) in [7, 11) is 1.62. The van der Waals surface area contributed by atoms with Crippen LogP contribution in [0.2, 0.25) is 0 Å². The van der Waals surface area contributed by atoms with Crippen molar-refractivity contribution in [3.8, 4) is 0 Å². The van der Waals surface area contributed by atoms with Crippen LogP contribution in [0.4, 0.5) is 0 Å². The summed E-state index contributed by atoms with van der Waals surface area (Å²) in [5.74, 6) is 0.633. The molecule has 0 saturated carbocycles. The molecule has 2 aromatic rings. The SMILES string of the molecule is CC[C@@H](C(=O)NC)N(CCc1ccccc1)C(=O)CCSc1ccccc1. The largest absolute Gasteiger partial charge is 0.357 e. The molecule has 2 amide bonds. The van der Waals surface area contributed by atoms with Crippen molar-refractivity contribution in [2.24, 2.45) is 0 Å². The molecule has 1 N–H and O–H groups in total. The minimum atomic E-state index is -0.423. The van der Waals surface area contributed by atoms with Gasteiger partial charge in [-0.2, -0.15) is 0 Å². The Kier molecular flexibility index (Phi) is 8.92. The first kappa shape index (κ1) is 21.0. The Morgan fingerprint density at radius 2 is 1.67 bits per heavy atom. The van der Waals surface area contributed by atoms with Crippen LogP contribution in [-0.2, 0) is 16.0 Å². The van der Waals surface area contributed by atoms with Gasteiger partial charge in [-0.05, 0) is 30.5 Å². The second-order valence-corrected chi connectivity index (χ2v) is 7.44. The topological polar surface area (TPSA) is 49.4 Å². The lowest BCUT2D eigenvalue weighted by molar-refractivity contribution is -0.140. The Bertz CT molecular complexity index is 707. The summed E-state index contributed by atoms with van der Waals surface area (Å²) in [4.78, 5) is 28.1. The molecule has 0 heterocycles. The van der Waals surface area contributed by atoms with Gasteiger partial charge in [0.2, 0.25) is 11.8 Å². The van der Waals surface area contributed by atoms with Gasteiger partial charge in [0.05, 0.1) is 0 Å². The van der Waals surface area contributed by atoms with E-state index < -0.39 is 6.04 Å². The predicted octanol–water partition coefficient (Wildman–Crippen LogP) is 3.76. The van der Waals surface area contributed by atoms with Crippen molar-refractivity contribution < 1.29 is 9.59 Å². The number of carbonyl (C=O) groups excluding carboxylic acids is 2. The number of thioether (sulfide) groups is 1. The number of hydrogen-bond donors (Lipinski definition) is 1. The first-order valence-electron chi connectivity index (χ1n) is 9.38. The summed E-state index contributed by atoms with van der Waals surface area (Å²) in [6, 6.07) is 19.7. The Morgan fingerprint density at radius 3 is 2.26 bits per heavy atom. The van der Waals surface area contributed by atoms with Crippen LogP contribution < -0.4 is 5.32 Å². The van der Waals surface area contributed by atoms with Crippen molar-refractivity contribution in [3.05, 3.63) is 66.2 Å². The molecule has 0 unspecified atom stereocenters. The zero-order valence-electron chi connectivity index (χ0n) is 16.1. The van der Waals surface area contributed by atoms with Crippen LogP contribution in [0, 0.1) is 0 Å². The molecule has 2 rings (SSSR count). The van der Waals surface area contributed by atoms with Crippen LogP contribution in [0.5, 0.6) is 0 Å². The van der Waals surface area contributed by atoms with Gasteiger partial charge in [0.1, 0.15) is 6.04 Å². The summed E-state index contributed by atoms with van der Waals surface area (Å²) in [5.41, 5.74) is 1.17. The Hall–Kier alpha value is -2.27. The minimum absolute atomic E-state index is 0.0322. The maximum Gasteiger partial charge on any atom is 0.242 e. The van der Waals surface area contributed by atoms with Gasteiger partial charge in [0.15, 0.2) is 0 Å². The normalized spacial score (nSPS) is 11.6. The first-order valence-corrected chi connectivity index (χ1v) is 10.4. The van der Waals surface area contributed by atoms with E-state index in [1.807, 2.05) is 55.5 Å². The number of likely N-dealkylation sites (N-methyl/N-ethyl adjacent to an activating group) is 1. The minimum Gasteiger partial charge on any atom is -0.357 e. The summed E-state index contributed by atoms with van der Waals surface area (Å²) in [6.07, 6.45) is 1.76. The number of amides is 2. The van der Waals surface area contributed by atoms with Crippen molar-refractivity contribution in [1.29, 1.82) is 0 Å². The first-order chi connectivity index (χ1) is 13.2. The smallest absolute Gasteiger partial charge is 0.242 e. The standard InChI is InChI=1S/C22H28N2O2S/c1-3-20(22(26)23-2)24(16-14-18-10-6-4-7-11-18)21(25)15-17-27-19-12-8-5-9-13-19/h4-13,20H,3,14-17H2,1-2H3,(H,23,26)/t20-/m0/s1. The number of rotatable bonds is 10. The van der Waals surface area contributed by atoms with E-state index in [4.69, 9.17) is 0 Å². The molecule has 0 aliphatic rings. The van der Waals surface area contributed by atoms with Gasteiger partial charge in [-0.1, -0.05) is 55.5 Å². The van der Waals surface area contributed by atoms with E-state index in [2.05, 4.69) is 17.4 Å². The molecule has 27 heavy (non-hydrogen) atoms. The maximum atomic E-state index is 12.9. The molecule has 0 bridgehead atoms. The fourth-order valence-corrected chi connectivity index (χ4v) is 3.84. The van der Waals surface area contributed by atoms with Crippen LogP contribution in [0.25, 0.3) is 0 Å². The Morgan fingerprint density at radius 1 is 1.04 bits per heavy atom. The monoisotopic (exact) mass is 384 g/mol. The highest BCUT2D eigenvalue weighted by Gasteiger charge is 2.27. The summed E-state index contributed by atoms with van der Waals surface area (Å²) >= 11 is 1.67. The molecule has 0 aliphatic heterocycles. The molecule has 144 valence electrons. The average Bonchev–Trinajstić information content (AvgIpc) is 2.72. The van der Waals surface area contributed by atoms with Gasteiger partial charge < -0.3 is 10.2 Å². The number of carbonyl (C=O) groups is 2. The summed E-state index contributed by atoms with van der Waals surface area (Å²) in [5, 5.41) is 2.69. The maximum absolute atomic E-state index is 12.9. The van der Waals surface area contributed by atoms with Crippen LogP contribution in [0.15, 0.2) is 65.6 Å². The van der Waals surface area contributed by atoms with Crippen molar-refractivity contribution in [3.63, 3.8) is 0 Å². The van der Waals surface area contributed by atoms with Crippen LogP contribution in [-0.4, -0.2) is 42.1 Å². The molecule has 0 saturated heterocycles. The van der Waals surface area contributed by atoms with Gasteiger partial charge in [-0.15, -0.1) is 11.8 Å². The van der Waals surface area contributed by atoms with Gasteiger partial charge in [0.25, 0.3) is 0 Å². The van der Waals surface area contributed by atoms with Gasteiger partial charge in [0, 0.05) is 30.7 Å². The van der Waals surface area contributed by atoms with E-state index in [0.717, 1.165) is 11.3 Å². The van der Waals surface area contributed by atoms with Gasteiger partial charge in [-0.3, -0.25) is 9.59 Å². The van der Waals surface area contributed by atoms with Crippen LogP contribution in [0.3, 0.4) is 0 Å². The molecule has 4 nitrogen and oxygen atoms in total. The predicted molar refractivity (Wildman–Crippen MR) is 112 cm³/mol. The zero-order chi connectivity index (χ0) is 19.5. The third kappa shape index (κ3) is 6.75. The van der Waals surface area contributed by atoms with E-state index in [9.17, 15) is 9.59 Å². The Labute approximate surface area is 166 Å². The van der Waals surface area contributed by atoms with E-state index in [0.29, 0.717) is 25.1 Å². The molecule has 2 aromatic carbocycles. The fourth-order valence-electron chi connectivity index (χ4n) is 2.98. The number of benzene rings is 2. The average molecular weight is 385 g/mol. The third-order valence-electron chi connectivity index (χ3n) is 4.44. The zero-order valence-corrected chi connectivity index (χ0v) is 16.9. The van der Waals surface area contributed by atoms with Crippen molar-refractivity contribution >= 4 is 23.6 Å². The quantitative estimate of drug-likeness (QED) is 0.635. The molecule has 0 radical (unpaired) electrons. The molecule has 0 fully saturated rings. The lowest BCUT2D eigenvalue weighted by Crippen LogP contribution is -2.49. The highest BCUT2D eigenvalue weighted by atomic mass is 32.2. The van der Waals surface area contributed by atoms with E-state index in [1.54, 1.807) is 23.7 Å². The van der Waals surface area contributed by atoms with Crippen LogP contribution >= 0.6 is 11.8 Å². The highest BCUT2D eigenvalue weighted by Crippen LogP contribution is 2.19. The number of hydrogen-bond acceptors (Lipinski definition) is 3. The van der Waals surface area contributed by atoms with Crippen molar-refractivity contribution in [1.82, 2.24) is 10.2 Å². The Balaban J connectivity index is 2.00. The second kappa shape index (κ2) is 11.4. The van der Waals surface area contributed by atoms with Gasteiger partial charge >= 0.3 is 0 Å². The molecule has 1 atom stereocenters. The second-order valence-electron chi connectivity index (χ2n) is 6.27. The van der Waals surface area contributed by atoms with E-state index in [-0.39, 0.29) is 11.8 Å². The van der Waals surface area contributed by atoms with Crippen molar-refractivity contribution in [2.75, 3.05) is 19.3 Å². The number of nitrogens with zero attached hydrogens (tertiary/aromatic N) is 1. The molecule has 0 aliphatic carbocycles. The molecule has 0 spiro atoms. The van der Waals surface area contributed by atoms with Crippen molar-refractivity contribution in [2.45, 2.75) is 37.1 Å². The molecular weight excluding hydrogens is 356 g/mol. The highest BCUT2D eigenvalue weighted by molar-refractivity contribution is 7.99. The van der Waals surface area contributed by atoms with E-state index in [1.165, 1.54) is 5.56 Å². The summed E-state index contributed by atoms with van der Waals surface area (Å²) < 4.78 is 0. The van der Waals surface area contributed by atoms with E-state index >= 15 is 0 Å². The number of nitrogens with one attached hydrogen (secondary N) is 1. The lowest BCUT2D eigenvalue weighted by Gasteiger charge is -2.30.